The first-order chi connectivity index (χ1) is 28.2. The van der Waals surface area contributed by atoms with Gasteiger partial charge in [-0.15, -0.1) is 0 Å². The molecule has 0 unspecified atom stereocenters. The van der Waals surface area contributed by atoms with Gasteiger partial charge in [-0.25, -0.2) is 0 Å². The molecule has 0 aliphatic carbocycles. The lowest BCUT2D eigenvalue weighted by Gasteiger charge is -2.28. The van der Waals surface area contributed by atoms with Crippen LogP contribution in [-0.4, -0.2) is 29.4 Å². The van der Waals surface area contributed by atoms with Crippen LogP contribution in [-0.2, 0) is 78.5 Å². The minimum Gasteiger partial charge on any atom is -0.291 e. The van der Waals surface area contributed by atoms with Crippen molar-refractivity contribution in [2.75, 3.05) is 0 Å². The lowest BCUT2D eigenvalue weighted by atomic mass is 10.0. The number of hydrogen-bond donors (Lipinski definition) is 0. The Bertz CT molecular complexity index is 2090. The van der Waals surface area contributed by atoms with Gasteiger partial charge in [0, 0.05) is 103 Å². The van der Waals surface area contributed by atoms with Crippen LogP contribution in [0.2, 0.25) is 0 Å². The molecule has 0 aromatic heterocycles. The minimum absolute atomic E-state index is 0.112. The second-order valence-electron chi connectivity index (χ2n) is 16.4. The molecule has 10 nitrogen and oxygen atoms in total. The Morgan fingerprint density at radius 3 is 0.655 bits per heavy atom. The molecule has 292 valence electrons. The Morgan fingerprint density at radius 2 is 0.466 bits per heavy atom. The summed E-state index contributed by atoms with van der Waals surface area (Å²) in [6.07, 6.45) is 0. The first-order valence-electron chi connectivity index (χ1n) is 20.0. The van der Waals surface area contributed by atoms with E-state index in [0.29, 0.717) is 78.5 Å². The Balaban J connectivity index is 1.27. The molecule has 0 atom stereocenters. The van der Waals surface area contributed by atoms with Crippen LogP contribution in [0.15, 0.2) is 133 Å². The van der Waals surface area contributed by atoms with E-state index in [-0.39, 0.29) is 21.2 Å². The van der Waals surface area contributed by atoms with Gasteiger partial charge in [0.25, 0.3) is 11.4 Å². The highest BCUT2D eigenvalue weighted by atomic mass is 16.6. The van der Waals surface area contributed by atoms with Crippen LogP contribution < -0.4 is 0 Å². The summed E-state index contributed by atoms with van der Waals surface area (Å²) in [4.78, 5) is 33.9. The molecule has 0 fully saturated rings. The molecule has 0 N–H and O–H groups in total. The fourth-order valence-electron chi connectivity index (χ4n) is 9.14. The van der Waals surface area contributed by atoms with Gasteiger partial charge in [0.15, 0.2) is 0 Å². The molecular formula is C48H46N6O4. The van der Waals surface area contributed by atoms with Gasteiger partial charge in [-0.2, -0.15) is 0 Å². The van der Waals surface area contributed by atoms with Gasteiger partial charge < -0.3 is 0 Å². The zero-order chi connectivity index (χ0) is 39.6. The molecule has 16 bridgehead atoms. The van der Waals surface area contributed by atoms with Gasteiger partial charge in [-0.1, -0.05) is 109 Å². The summed E-state index contributed by atoms with van der Waals surface area (Å²) in [5, 5.41) is 24.9. The third-order valence-electron chi connectivity index (χ3n) is 11.3. The SMILES string of the molecule is O=[N+]([O-])c1cc2cc(c1)CN1Cc3cccc(c3)CN3Cc4cccc(c4)CN(Cc4cccc(c4)CN(Cc4cccc(c4)C1)Cc1cc(cc([N+](=O)[O-])c1)C3)C2. The van der Waals surface area contributed by atoms with Gasteiger partial charge in [-0.05, 0) is 66.8 Å². The number of nitro benzene ring substituents is 2. The summed E-state index contributed by atoms with van der Waals surface area (Å²) in [5.41, 5.74) is 13.1. The van der Waals surface area contributed by atoms with Crippen molar-refractivity contribution in [2.24, 2.45) is 0 Å². The van der Waals surface area contributed by atoms with Gasteiger partial charge >= 0.3 is 0 Å². The molecule has 0 radical (unpaired) electrons. The summed E-state index contributed by atoms with van der Waals surface area (Å²) < 4.78 is 0. The van der Waals surface area contributed by atoms with Crippen LogP contribution in [0.3, 0.4) is 0 Å². The maximum Gasteiger partial charge on any atom is 0.270 e. The summed E-state index contributed by atoms with van der Waals surface area (Å²) in [6.45, 7) is 7.38. The van der Waals surface area contributed by atoms with E-state index in [9.17, 15) is 20.2 Å². The molecule has 58 heavy (non-hydrogen) atoms. The molecule has 6 aromatic rings. The van der Waals surface area contributed by atoms with E-state index in [2.05, 4.69) is 129 Å². The lowest BCUT2D eigenvalue weighted by Crippen LogP contribution is -2.26. The van der Waals surface area contributed by atoms with E-state index >= 15 is 0 Å². The first-order valence-corrected chi connectivity index (χ1v) is 20.0. The van der Waals surface area contributed by atoms with E-state index in [1.807, 2.05) is 0 Å². The predicted molar refractivity (Wildman–Crippen MR) is 224 cm³/mol. The molecule has 10 rings (SSSR count). The fraction of sp³-hybridized carbons (Fsp3) is 0.250. The van der Waals surface area contributed by atoms with Crippen molar-refractivity contribution in [1.29, 1.82) is 0 Å². The van der Waals surface area contributed by atoms with Crippen LogP contribution in [0.25, 0.3) is 0 Å². The molecule has 10 heteroatoms. The average Bonchev–Trinajstić information content (AvgIpc) is 3.17. The molecule has 6 aromatic carbocycles. The Morgan fingerprint density at radius 1 is 0.293 bits per heavy atom. The van der Waals surface area contributed by atoms with Crippen molar-refractivity contribution >= 4 is 11.4 Å². The predicted octanol–water partition coefficient (Wildman–Crippen LogP) is 9.25. The topological polar surface area (TPSA) is 99.2 Å². The Kier molecular flexibility index (Phi) is 10.6. The number of nitrogens with zero attached hydrogens (tertiary/aromatic N) is 6. The van der Waals surface area contributed by atoms with Crippen molar-refractivity contribution in [3.63, 3.8) is 0 Å². The van der Waals surface area contributed by atoms with E-state index in [4.69, 9.17) is 0 Å². The molecule has 4 heterocycles. The van der Waals surface area contributed by atoms with Crippen LogP contribution in [0.4, 0.5) is 11.4 Å². The standard InChI is InChI=1S/C48H46N6O4/c55-53(56)47-19-43-17-46(22-47)34-52-28-40-10-3-8-38(15-40)26-50-24-36-6-1-5-35(13-36)23-49(31-43)25-37-7-2-9-39(14-37)27-51(29-41-11-4-12-42(16-41)30-52)33-45-18-44(32-50)20-48(21-45)54(57)58/h1-22H,23-34H2. The highest BCUT2D eigenvalue weighted by Gasteiger charge is 2.21. The van der Waals surface area contributed by atoms with Crippen molar-refractivity contribution in [3.05, 3.63) is 220 Å². The minimum atomic E-state index is -0.264. The number of non-ortho nitro benzene ring substituents is 2. The molecule has 0 saturated heterocycles. The van der Waals surface area contributed by atoms with Crippen LogP contribution in [0, 0.1) is 20.2 Å². The number of benzene rings is 6. The average molecular weight is 771 g/mol. The highest BCUT2D eigenvalue weighted by molar-refractivity contribution is 5.41. The van der Waals surface area contributed by atoms with Crippen LogP contribution in [0.5, 0.6) is 0 Å². The van der Waals surface area contributed by atoms with Crippen molar-refractivity contribution < 1.29 is 9.85 Å². The van der Waals surface area contributed by atoms with Gasteiger partial charge in [0.05, 0.1) is 9.85 Å². The normalized spacial score (nSPS) is 20.6. The van der Waals surface area contributed by atoms with Crippen molar-refractivity contribution in [1.82, 2.24) is 19.6 Å². The smallest absolute Gasteiger partial charge is 0.270 e. The maximum atomic E-state index is 12.4. The summed E-state index contributed by atoms with van der Waals surface area (Å²) in [7, 11) is 0. The van der Waals surface area contributed by atoms with Gasteiger partial charge in [0.1, 0.15) is 0 Å². The van der Waals surface area contributed by atoms with Gasteiger partial charge in [-0.3, -0.25) is 39.8 Å². The highest BCUT2D eigenvalue weighted by Crippen LogP contribution is 2.28. The summed E-state index contributed by atoms with van der Waals surface area (Å²) in [6, 6.07) is 46.0. The molecule has 0 saturated carbocycles. The van der Waals surface area contributed by atoms with Crippen LogP contribution in [0.1, 0.15) is 66.8 Å². The summed E-state index contributed by atoms with van der Waals surface area (Å²) >= 11 is 0. The fourth-order valence-corrected chi connectivity index (χ4v) is 9.14. The zero-order valence-electron chi connectivity index (χ0n) is 32.5. The third-order valence-corrected chi connectivity index (χ3v) is 11.3. The number of rotatable bonds is 2. The quantitative estimate of drug-likeness (QED) is 0.127. The second kappa shape index (κ2) is 16.4. The maximum absolute atomic E-state index is 12.4. The van der Waals surface area contributed by atoms with E-state index in [1.165, 1.54) is 0 Å². The first kappa shape index (κ1) is 37.5. The van der Waals surface area contributed by atoms with E-state index in [1.54, 1.807) is 24.3 Å². The van der Waals surface area contributed by atoms with Crippen molar-refractivity contribution in [3.8, 4) is 0 Å². The largest absolute Gasteiger partial charge is 0.291 e. The monoisotopic (exact) mass is 770 g/mol. The summed E-state index contributed by atoms with van der Waals surface area (Å²) in [5.74, 6) is 0. The van der Waals surface area contributed by atoms with Crippen molar-refractivity contribution in [2.45, 2.75) is 78.5 Å². The molecule has 0 amide bonds. The second-order valence-corrected chi connectivity index (χ2v) is 16.4. The van der Waals surface area contributed by atoms with E-state index < -0.39 is 0 Å². The number of hydrogen-bond acceptors (Lipinski definition) is 8. The molecule has 0 spiro atoms. The third kappa shape index (κ3) is 9.22. The zero-order valence-corrected chi connectivity index (χ0v) is 32.5. The Hall–Kier alpha value is -6.04. The van der Waals surface area contributed by atoms with Gasteiger partial charge in [0.2, 0.25) is 0 Å². The molecule has 4 aliphatic rings. The molecular weight excluding hydrogens is 725 g/mol. The molecule has 4 aliphatic heterocycles. The lowest BCUT2D eigenvalue weighted by molar-refractivity contribution is -0.385. The van der Waals surface area contributed by atoms with E-state index in [0.717, 1.165) is 66.8 Å². The Labute approximate surface area is 338 Å². The number of nitro groups is 2. The van der Waals surface area contributed by atoms with Crippen LogP contribution >= 0.6 is 0 Å².